The van der Waals surface area contributed by atoms with Crippen molar-refractivity contribution in [3.05, 3.63) is 0 Å². The first-order valence-electron chi connectivity index (χ1n) is 8.88. The molecule has 2 nitrogen and oxygen atoms in total. The highest BCUT2D eigenvalue weighted by Gasteiger charge is 2.44. The third kappa shape index (κ3) is 4.46. The predicted molar refractivity (Wildman–Crippen MR) is 90.3 cm³/mol. The van der Waals surface area contributed by atoms with Crippen molar-refractivity contribution < 1.29 is 0 Å². The summed E-state index contributed by atoms with van der Waals surface area (Å²) in [6.45, 7) is 17.5. The maximum absolute atomic E-state index is 3.85. The first-order chi connectivity index (χ1) is 9.39. The van der Waals surface area contributed by atoms with Gasteiger partial charge in [-0.05, 0) is 50.7 Å². The summed E-state index contributed by atoms with van der Waals surface area (Å²) in [7, 11) is 0. The Morgan fingerprint density at radius 1 is 1.05 bits per heavy atom. The molecule has 2 heteroatoms. The minimum atomic E-state index is 0.421. The summed E-state index contributed by atoms with van der Waals surface area (Å²) < 4.78 is 0. The maximum Gasteiger partial charge on any atom is 0.0362 e. The Labute approximate surface area is 127 Å². The summed E-state index contributed by atoms with van der Waals surface area (Å²) in [4.78, 5) is 2.75. The van der Waals surface area contributed by atoms with Crippen LogP contribution in [0.2, 0.25) is 0 Å². The molecule has 20 heavy (non-hydrogen) atoms. The summed E-state index contributed by atoms with van der Waals surface area (Å²) >= 11 is 0. The molecule has 0 aromatic carbocycles. The molecule has 1 rings (SSSR count). The third-order valence-corrected chi connectivity index (χ3v) is 5.14. The summed E-state index contributed by atoms with van der Waals surface area (Å²) in [5, 5.41) is 3.85. The Balaban J connectivity index is 2.87. The number of likely N-dealkylation sites (N-methyl/N-ethyl adjacent to an activating group) is 2. The minimum Gasteiger partial charge on any atom is -0.312 e. The molecule has 0 spiro atoms. The monoisotopic (exact) mass is 282 g/mol. The van der Waals surface area contributed by atoms with Gasteiger partial charge in [-0.2, -0.15) is 0 Å². The van der Waals surface area contributed by atoms with Crippen molar-refractivity contribution in [1.82, 2.24) is 10.2 Å². The predicted octanol–water partition coefficient (Wildman–Crippen LogP) is 4.45. The first kappa shape index (κ1) is 18.0. The normalized spacial score (nSPS) is 20.6. The zero-order chi connectivity index (χ0) is 15.2. The Morgan fingerprint density at radius 2 is 1.60 bits per heavy atom. The molecule has 0 saturated heterocycles. The topological polar surface area (TPSA) is 15.3 Å². The van der Waals surface area contributed by atoms with Crippen LogP contribution in [0.15, 0.2) is 0 Å². The lowest BCUT2D eigenvalue weighted by Crippen LogP contribution is -2.60. The average molecular weight is 283 g/mol. The quantitative estimate of drug-likeness (QED) is 0.708. The molecule has 1 N–H and O–H groups in total. The van der Waals surface area contributed by atoms with Gasteiger partial charge in [0.1, 0.15) is 0 Å². The van der Waals surface area contributed by atoms with E-state index in [9.17, 15) is 0 Å². The number of hydrogen-bond donors (Lipinski definition) is 1. The number of rotatable bonds is 8. The van der Waals surface area contributed by atoms with E-state index in [1.165, 1.54) is 51.6 Å². The van der Waals surface area contributed by atoms with E-state index in [0.717, 1.165) is 6.54 Å². The molecule has 0 amide bonds. The molecule has 1 aliphatic rings. The van der Waals surface area contributed by atoms with E-state index in [2.05, 4.69) is 51.8 Å². The maximum atomic E-state index is 3.85. The molecule has 0 aromatic rings. The van der Waals surface area contributed by atoms with E-state index in [0.29, 0.717) is 17.0 Å². The van der Waals surface area contributed by atoms with Crippen LogP contribution in [0.25, 0.3) is 0 Å². The number of nitrogens with one attached hydrogen (secondary N) is 1. The second-order valence-corrected chi connectivity index (χ2v) is 7.69. The molecule has 1 aliphatic carbocycles. The fourth-order valence-electron chi connectivity index (χ4n) is 4.11. The Morgan fingerprint density at radius 3 is 2.00 bits per heavy atom. The zero-order valence-electron chi connectivity index (χ0n) is 14.9. The van der Waals surface area contributed by atoms with Crippen LogP contribution in [0.1, 0.15) is 80.1 Å². The van der Waals surface area contributed by atoms with Gasteiger partial charge in [0.25, 0.3) is 0 Å². The highest BCUT2D eigenvalue weighted by atomic mass is 15.2. The van der Waals surface area contributed by atoms with Gasteiger partial charge in [-0.15, -0.1) is 0 Å². The van der Waals surface area contributed by atoms with E-state index < -0.39 is 0 Å². The summed E-state index contributed by atoms with van der Waals surface area (Å²) in [5.41, 5.74) is 0.863. The van der Waals surface area contributed by atoms with Crippen LogP contribution in [-0.2, 0) is 0 Å². The second-order valence-electron chi connectivity index (χ2n) is 7.69. The Hall–Kier alpha value is -0.0800. The van der Waals surface area contributed by atoms with Gasteiger partial charge >= 0.3 is 0 Å². The number of hydrogen-bond acceptors (Lipinski definition) is 2. The molecule has 0 bridgehead atoms. The SMILES string of the molecule is CCNC(CCC(C)(C)C)C1(N(CC)CC)CCCC1. The van der Waals surface area contributed by atoms with Gasteiger partial charge in [-0.3, -0.25) is 4.90 Å². The smallest absolute Gasteiger partial charge is 0.0362 e. The van der Waals surface area contributed by atoms with Crippen LogP contribution in [0.5, 0.6) is 0 Å². The molecule has 1 atom stereocenters. The van der Waals surface area contributed by atoms with Crippen LogP contribution in [0, 0.1) is 5.41 Å². The number of nitrogens with zero attached hydrogens (tertiary/aromatic N) is 1. The van der Waals surface area contributed by atoms with Crippen molar-refractivity contribution >= 4 is 0 Å². The van der Waals surface area contributed by atoms with Crippen LogP contribution in [0.4, 0.5) is 0 Å². The molecule has 0 aromatic heterocycles. The van der Waals surface area contributed by atoms with Crippen molar-refractivity contribution in [2.24, 2.45) is 5.41 Å². The van der Waals surface area contributed by atoms with E-state index in [4.69, 9.17) is 0 Å². The first-order valence-corrected chi connectivity index (χ1v) is 8.88. The Kier molecular flexibility index (Phi) is 7.00. The highest BCUT2D eigenvalue weighted by Crippen LogP contribution is 2.40. The molecule has 1 unspecified atom stereocenters. The lowest BCUT2D eigenvalue weighted by Gasteiger charge is -2.47. The lowest BCUT2D eigenvalue weighted by atomic mass is 9.79. The fourth-order valence-corrected chi connectivity index (χ4v) is 4.11. The standard InChI is InChI=1S/C18H38N2/c1-7-19-16(12-15-17(4,5)6)18(13-10-11-14-18)20(8-2)9-3/h16,19H,7-15H2,1-6H3. The van der Waals surface area contributed by atoms with Crippen molar-refractivity contribution in [3.8, 4) is 0 Å². The van der Waals surface area contributed by atoms with Crippen molar-refractivity contribution in [1.29, 1.82) is 0 Å². The molecular weight excluding hydrogens is 244 g/mol. The fraction of sp³-hybridized carbons (Fsp3) is 1.00. The lowest BCUT2D eigenvalue weighted by molar-refractivity contribution is 0.0558. The zero-order valence-corrected chi connectivity index (χ0v) is 14.9. The Bertz CT molecular complexity index is 257. The molecule has 0 heterocycles. The van der Waals surface area contributed by atoms with Gasteiger partial charge in [-0.25, -0.2) is 0 Å². The van der Waals surface area contributed by atoms with Gasteiger partial charge in [0, 0.05) is 11.6 Å². The van der Waals surface area contributed by atoms with Gasteiger partial charge < -0.3 is 5.32 Å². The van der Waals surface area contributed by atoms with Crippen molar-refractivity contribution in [2.45, 2.75) is 91.6 Å². The highest BCUT2D eigenvalue weighted by molar-refractivity contribution is 5.03. The molecule has 0 radical (unpaired) electrons. The molecule has 0 aliphatic heterocycles. The van der Waals surface area contributed by atoms with E-state index in [-0.39, 0.29) is 0 Å². The largest absolute Gasteiger partial charge is 0.312 e. The van der Waals surface area contributed by atoms with Crippen LogP contribution < -0.4 is 5.32 Å². The van der Waals surface area contributed by atoms with E-state index >= 15 is 0 Å². The second kappa shape index (κ2) is 7.79. The third-order valence-electron chi connectivity index (χ3n) is 5.14. The van der Waals surface area contributed by atoms with E-state index in [1.807, 2.05) is 0 Å². The van der Waals surface area contributed by atoms with Crippen molar-refractivity contribution in [3.63, 3.8) is 0 Å². The van der Waals surface area contributed by atoms with Crippen LogP contribution >= 0.6 is 0 Å². The molecule has 1 fully saturated rings. The molecule has 120 valence electrons. The summed E-state index contributed by atoms with van der Waals surface area (Å²) in [6, 6.07) is 0.661. The van der Waals surface area contributed by atoms with Crippen LogP contribution in [0.3, 0.4) is 0 Å². The van der Waals surface area contributed by atoms with Gasteiger partial charge in [0.05, 0.1) is 0 Å². The summed E-state index contributed by atoms with van der Waals surface area (Å²) in [6.07, 6.45) is 8.22. The van der Waals surface area contributed by atoms with Gasteiger partial charge in [0.15, 0.2) is 0 Å². The van der Waals surface area contributed by atoms with Gasteiger partial charge in [-0.1, -0.05) is 54.4 Å². The minimum absolute atomic E-state index is 0.421. The molecule has 1 saturated carbocycles. The van der Waals surface area contributed by atoms with Crippen LogP contribution in [-0.4, -0.2) is 36.1 Å². The average Bonchev–Trinajstić information content (AvgIpc) is 2.85. The van der Waals surface area contributed by atoms with Gasteiger partial charge in [0.2, 0.25) is 0 Å². The molecular formula is C18H38N2. The van der Waals surface area contributed by atoms with E-state index in [1.54, 1.807) is 0 Å². The summed E-state index contributed by atoms with van der Waals surface area (Å²) in [5.74, 6) is 0. The van der Waals surface area contributed by atoms with Crippen molar-refractivity contribution in [2.75, 3.05) is 19.6 Å².